The number of carboxylic acid groups (broad SMARTS) is 2. The van der Waals surface area contributed by atoms with E-state index in [2.05, 4.69) is 0 Å². The minimum absolute atomic E-state index is 0.0426. The molecule has 0 amide bonds. The van der Waals surface area contributed by atoms with Crippen molar-refractivity contribution in [2.45, 2.75) is 6.42 Å². The fraction of sp³-hybridized carbons (Fsp3) is 0.150. The second kappa shape index (κ2) is 9.33. The number of rotatable bonds is 4. The predicted molar refractivity (Wildman–Crippen MR) is 103 cm³/mol. The lowest BCUT2D eigenvalue weighted by Gasteiger charge is -2.05. The first-order chi connectivity index (χ1) is 13.4. The Bertz CT molecular complexity index is 983. The Morgan fingerprint density at radius 1 is 1.04 bits per heavy atom. The topological polar surface area (TPSA) is 132 Å². The minimum atomic E-state index is -1.82. The maximum absolute atomic E-state index is 12.7. The van der Waals surface area contributed by atoms with Crippen molar-refractivity contribution < 1.29 is 29.3 Å². The van der Waals surface area contributed by atoms with Gasteiger partial charge in [0.2, 0.25) is 0 Å². The Morgan fingerprint density at radius 2 is 1.68 bits per heavy atom. The maximum Gasteiger partial charge on any atom is 0.414 e. The van der Waals surface area contributed by atoms with Crippen LogP contribution in [0.1, 0.15) is 15.9 Å². The van der Waals surface area contributed by atoms with Gasteiger partial charge in [-0.1, -0.05) is 18.2 Å². The van der Waals surface area contributed by atoms with Gasteiger partial charge in [0.1, 0.15) is 5.75 Å². The van der Waals surface area contributed by atoms with E-state index in [0.717, 1.165) is 28.6 Å². The zero-order valence-electron chi connectivity index (χ0n) is 15.2. The third-order valence-electron chi connectivity index (χ3n) is 3.93. The molecule has 3 aromatic rings. The first-order valence-electron chi connectivity index (χ1n) is 8.33. The SMILES string of the molecule is COc1ccc2c(c1)c(CCN)cn2C(=O)c1ccccc1.O=C(O)C(=O)O. The number of carbonyl (C=O) groups is 3. The lowest BCUT2D eigenvalue weighted by Crippen LogP contribution is -2.10. The summed E-state index contributed by atoms with van der Waals surface area (Å²) >= 11 is 0. The smallest absolute Gasteiger partial charge is 0.414 e. The quantitative estimate of drug-likeness (QED) is 0.586. The molecule has 0 aliphatic heterocycles. The molecule has 0 aliphatic carbocycles. The number of nitrogens with two attached hydrogens (primary N) is 1. The molecule has 0 radical (unpaired) electrons. The zero-order chi connectivity index (χ0) is 20.7. The maximum atomic E-state index is 12.7. The van der Waals surface area contributed by atoms with Gasteiger partial charge in [0.15, 0.2) is 0 Å². The van der Waals surface area contributed by atoms with Crippen LogP contribution in [-0.2, 0) is 16.0 Å². The Kier molecular flexibility index (Phi) is 6.89. The van der Waals surface area contributed by atoms with Gasteiger partial charge in [0.25, 0.3) is 5.91 Å². The van der Waals surface area contributed by atoms with Gasteiger partial charge < -0.3 is 20.7 Å². The predicted octanol–water partition coefficient (Wildman–Crippen LogP) is 2.00. The number of fused-ring (bicyclic) bond motifs is 1. The number of hydrogen-bond acceptors (Lipinski definition) is 5. The van der Waals surface area contributed by atoms with Gasteiger partial charge >= 0.3 is 11.9 Å². The third kappa shape index (κ3) is 4.74. The van der Waals surface area contributed by atoms with E-state index in [1.54, 1.807) is 11.7 Å². The second-order valence-electron chi connectivity index (χ2n) is 5.73. The van der Waals surface area contributed by atoms with Gasteiger partial charge in [-0.3, -0.25) is 9.36 Å². The molecule has 1 heterocycles. The molecule has 0 aliphatic rings. The van der Waals surface area contributed by atoms with Crippen molar-refractivity contribution in [1.82, 2.24) is 4.57 Å². The van der Waals surface area contributed by atoms with Crippen molar-refractivity contribution in [3.63, 3.8) is 0 Å². The van der Waals surface area contributed by atoms with Gasteiger partial charge in [0, 0.05) is 17.1 Å². The molecule has 8 heteroatoms. The minimum Gasteiger partial charge on any atom is -0.497 e. The third-order valence-corrected chi connectivity index (χ3v) is 3.93. The van der Waals surface area contributed by atoms with E-state index < -0.39 is 11.9 Å². The number of carboxylic acids is 2. The van der Waals surface area contributed by atoms with Gasteiger partial charge in [-0.05, 0) is 48.9 Å². The van der Waals surface area contributed by atoms with Gasteiger partial charge in [0.05, 0.1) is 12.6 Å². The molecule has 0 saturated carbocycles. The lowest BCUT2D eigenvalue weighted by atomic mass is 10.1. The van der Waals surface area contributed by atoms with Crippen LogP contribution in [0.15, 0.2) is 54.7 Å². The molecule has 0 saturated heterocycles. The molecule has 0 unspecified atom stereocenters. The summed E-state index contributed by atoms with van der Waals surface area (Å²) in [7, 11) is 1.63. The van der Waals surface area contributed by atoms with Gasteiger partial charge in [-0.2, -0.15) is 0 Å². The number of methoxy groups -OCH3 is 1. The van der Waals surface area contributed by atoms with Crippen LogP contribution in [0.4, 0.5) is 0 Å². The summed E-state index contributed by atoms with van der Waals surface area (Å²) in [5.41, 5.74) is 8.28. The van der Waals surface area contributed by atoms with E-state index in [4.69, 9.17) is 30.3 Å². The van der Waals surface area contributed by atoms with E-state index in [-0.39, 0.29) is 5.91 Å². The summed E-state index contributed by atoms with van der Waals surface area (Å²) in [5.74, 6) is -2.92. The molecule has 0 atom stereocenters. The summed E-state index contributed by atoms with van der Waals surface area (Å²) in [6.07, 6.45) is 2.60. The fourth-order valence-corrected chi connectivity index (χ4v) is 2.65. The van der Waals surface area contributed by atoms with E-state index in [0.29, 0.717) is 12.1 Å². The van der Waals surface area contributed by atoms with Crippen LogP contribution in [0.2, 0.25) is 0 Å². The molecule has 2 aromatic carbocycles. The molecule has 0 bridgehead atoms. The Hall–Kier alpha value is -3.65. The molecule has 1 aromatic heterocycles. The van der Waals surface area contributed by atoms with Crippen LogP contribution in [0.5, 0.6) is 5.75 Å². The van der Waals surface area contributed by atoms with Crippen molar-refractivity contribution in [2.75, 3.05) is 13.7 Å². The molecule has 8 nitrogen and oxygen atoms in total. The molecule has 28 heavy (non-hydrogen) atoms. The standard InChI is InChI=1S/C18H18N2O2.C2H2O4/c1-22-15-7-8-17-16(11-15)14(9-10-19)12-20(17)18(21)13-5-3-2-4-6-13;3-1(4)2(5)6/h2-8,11-12H,9-10,19H2,1H3;(H,3,4)(H,5,6). The largest absolute Gasteiger partial charge is 0.497 e. The van der Waals surface area contributed by atoms with Crippen molar-refractivity contribution in [3.8, 4) is 5.75 Å². The second-order valence-corrected chi connectivity index (χ2v) is 5.73. The van der Waals surface area contributed by atoms with Crippen LogP contribution in [-0.4, -0.2) is 46.3 Å². The number of nitrogens with zero attached hydrogens (tertiary/aromatic N) is 1. The number of hydrogen-bond donors (Lipinski definition) is 3. The van der Waals surface area contributed by atoms with Crippen LogP contribution in [0, 0.1) is 0 Å². The van der Waals surface area contributed by atoms with E-state index in [1.165, 1.54) is 0 Å². The van der Waals surface area contributed by atoms with E-state index >= 15 is 0 Å². The van der Waals surface area contributed by atoms with Crippen molar-refractivity contribution in [3.05, 3.63) is 65.9 Å². The highest BCUT2D eigenvalue weighted by Crippen LogP contribution is 2.27. The van der Waals surface area contributed by atoms with Crippen molar-refractivity contribution in [1.29, 1.82) is 0 Å². The van der Waals surface area contributed by atoms with Crippen LogP contribution in [0.25, 0.3) is 10.9 Å². The molecule has 146 valence electrons. The monoisotopic (exact) mass is 384 g/mol. The molecule has 3 rings (SSSR count). The van der Waals surface area contributed by atoms with Crippen LogP contribution < -0.4 is 10.5 Å². The fourth-order valence-electron chi connectivity index (χ4n) is 2.65. The summed E-state index contributed by atoms with van der Waals surface area (Å²) < 4.78 is 6.97. The molecule has 0 spiro atoms. The number of aromatic nitrogens is 1. The van der Waals surface area contributed by atoms with Gasteiger partial charge in [-0.15, -0.1) is 0 Å². The summed E-state index contributed by atoms with van der Waals surface area (Å²) in [4.78, 5) is 30.9. The first-order valence-corrected chi connectivity index (χ1v) is 8.33. The Morgan fingerprint density at radius 3 is 2.21 bits per heavy atom. The number of ether oxygens (including phenoxy) is 1. The highest BCUT2D eigenvalue weighted by molar-refractivity contribution is 6.27. The van der Waals surface area contributed by atoms with Crippen LogP contribution in [0.3, 0.4) is 0 Å². The summed E-state index contributed by atoms with van der Waals surface area (Å²) in [5, 5.41) is 15.8. The Labute approximate surface area is 160 Å². The normalized spacial score (nSPS) is 10.1. The molecule has 0 fully saturated rings. The number of carbonyl (C=O) groups excluding carboxylic acids is 1. The van der Waals surface area contributed by atoms with Crippen molar-refractivity contribution >= 4 is 28.7 Å². The average Bonchev–Trinajstić information content (AvgIpc) is 3.06. The Balaban J connectivity index is 0.000000409. The molecular formula is C20H20N2O6. The van der Waals surface area contributed by atoms with E-state index in [1.807, 2.05) is 54.7 Å². The number of aliphatic carboxylic acids is 2. The van der Waals surface area contributed by atoms with Gasteiger partial charge in [-0.25, -0.2) is 9.59 Å². The number of benzene rings is 2. The van der Waals surface area contributed by atoms with E-state index in [9.17, 15) is 4.79 Å². The molecule has 4 N–H and O–H groups in total. The first kappa shape index (κ1) is 20.7. The zero-order valence-corrected chi connectivity index (χ0v) is 15.2. The lowest BCUT2D eigenvalue weighted by molar-refractivity contribution is -0.159. The summed E-state index contributed by atoms with van der Waals surface area (Å²) in [6, 6.07) is 15.0. The highest BCUT2D eigenvalue weighted by atomic mass is 16.5. The summed E-state index contributed by atoms with van der Waals surface area (Å²) in [6.45, 7) is 0.538. The van der Waals surface area contributed by atoms with Crippen molar-refractivity contribution in [2.24, 2.45) is 5.73 Å². The highest BCUT2D eigenvalue weighted by Gasteiger charge is 2.15. The molecular weight excluding hydrogens is 364 g/mol. The van der Waals surface area contributed by atoms with Crippen LogP contribution >= 0.6 is 0 Å². The average molecular weight is 384 g/mol.